The summed E-state index contributed by atoms with van der Waals surface area (Å²) >= 11 is 7.04. The third-order valence-corrected chi connectivity index (χ3v) is 5.49. The molecule has 1 rings (SSSR count). The molecule has 4 heteroatoms. The van der Waals surface area contributed by atoms with Gasteiger partial charge in [0.15, 0.2) is 0 Å². The van der Waals surface area contributed by atoms with E-state index in [1.165, 1.54) is 6.42 Å². The van der Waals surface area contributed by atoms with Gasteiger partial charge in [0.2, 0.25) is 0 Å². The molecular weight excluding hydrogens is 300 g/mol. The number of rotatable bonds is 2. The predicted molar refractivity (Wildman–Crippen MR) is 59.5 cm³/mol. The molecule has 0 bridgehead atoms. The molecular formula is C9H14Br2O2. The first kappa shape index (κ1) is 11.5. The Morgan fingerprint density at radius 1 is 1.62 bits per heavy atom. The fourth-order valence-corrected chi connectivity index (χ4v) is 2.94. The molecule has 76 valence electrons. The van der Waals surface area contributed by atoms with Crippen LogP contribution in [-0.4, -0.2) is 21.7 Å². The standard InChI is InChI=1S/C9H14Br2O2/c1-2-13-8(12)9(11)6-4-3-5-7(9)10/h7H,2-6H2,1H3. The van der Waals surface area contributed by atoms with Crippen LogP contribution in [0.15, 0.2) is 0 Å². The number of alkyl halides is 2. The van der Waals surface area contributed by atoms with Gasteiger partial charge in [0.1, 0.15) is 4.32 Å². The van der Waals surface area contributed by atoms with Gasteiger partial charge in [-0.1, -0.05) is 44.7 Å². The summed E-state index contributed by atoms with van der Waals surface area (Å²) in [5.74, 6) is -0.128. The third kappa shape index (κ3) is 2.46. The summed E-state index contributed by atoms with van der Waals surface area (Å²) in [5.41, 5.74) is 0. The zero-order chi connectivity index (χ0) is 9.90. The molecule has 0 heterocycles. The molecule has 0 aliphatic heterocycles. The van der Waals surface area contributed by atoms with E-state index in [1.54, 1.807) is 0 Å². The number of hydrogen-bond acceptors (Lipinski definition) is 2. The van der Waals surface area contributed by atoms with E-state index in [0.717, 1.165) is 19.3 Å². The van der Waals surface area contributed by atoms with Crippen LogP contribution in [0.5, 0.6) is 0 Å². The molecule has 0 aromatic rings. The molecule has 13 heavy (non-hydrogen) atoms. The molecule has 0 N–H and O–H groups in total. The van der Waals surface area contributed by atoms with Crippen molar-refractivity contribution in [3.05, 3.63) is 0 Å². The van der Waals surface area contributed by atoms with Crippen LogP contribution >= 0.6 is 31.9 Å². The zero-order valence-corrected chi connectivity index (χ0v) is 10.9. The largest absolute Gasteiger partial charge is 0.465 e. The van der Waals surface area contributed by atoms with Crippen molar-refractivity contribution in [2.75, 3.05) is 6.61 Å². The van der Waals surface area contributed by atoms with Crippen molar-refractivity contribution in [3.8, 4) is 0 Å². The first-order valence-electron chi connectivity index (χ1n) is 4.61. The Labute approximate surface area is 95.7 Å². The van der Waals surface area contributed by atoms with E-state index in [0.29, 0.717) is 6.61 Å². The number of ether oxygens (including phenoxy) is 1. The first-order chi connectivity index (χ1) is 6.11. The average Bonchev–Trinajstić information content (AvgIpc) is 2.11. The average molecular weight is 314 g/mol. The Kier molecular flexibility index (Phi) is 4.23. The van der Waals surface area contributed by atoms with Gasteiger partial charge >= 0.3 is 5.97 Å². The zero-order valence-electron chi connectivity index (χ0n) is 7.69. The smallest absolute Gasteiger partial charge is 0.324 e. The summed E-state index contributed by atoms with van der Waals surface area (Å²) in [6.07, 6.45) is 4.17. The Hall–Kier alpha value is 0.430. The Bertz CT molecular complexity index is 196. The molecule has 0 saturated heterocycles. The van der Waals surface area contributed by atoms with Crippen molar-refractivity contribution in [1.29, 1.82) is 0 Å². The summed E-state index contributed by atoms with van der Waals surface area (Å²) in [4.78, 5) is 11.8. The Morgan fingerprint density at radius 3 is 2.85 bits per heavy atom. The summed E-state index contributed by atoms with van der Waals surface area (Å²) in [7, 11) is 0. The molecule has 0 radical (unpaired) electrons. The second-order valence-electron chi connectivity index (χ2n) is 3.30. The fourth-order valence-electron chi connectivity index (χ4n) is 1.57. The molecule has 0 spiro atoms. The minimum Gasteiger partial charge on any atom is -0.465 e. The van der Waals surface area contributed by atoms with Gasteiger partial charge in [-0.05, 0) is 19.8 Å². The van der Waals surface area contributed by atoms with Gasteiger partial charge in [0, 0.05) is 4.83 Å². The minimum absolute atomic E-state index is 0.128. The van der Waals surface area contributed by atoms with E-state index in [4.69, 9.17) is 4.74 Å². The van der Waals surface area contributed by atoms with Crippen molar-refractivity contribution in [2.24, 2.45) is 0 Å². The maximum absolute atomic E-state index is 11.6. The van der Waals surface area contributed by atoms with E-state index in [-0.39, 0.29) is 10.8 Å². The SMILES string of the molecule is CCOC(=O)C1(Br)CCCCC1Br. The molecule has 2 atom stereocenters. The van der Waals surface area contributed by atoms with Crippen LogP contribution < -0.4 is 0 Å². The number of halogens is 2. The summed E-state index contributed by atoms with van der Waals surface area (Å²) in [6.45, 7) is 2.28. The van der Waals surface area contributed by atoms with Crippen LogP contribution in [0.3, 0.4) is 0 Å². The van der Waals surface area contributed by atoms with E-state index >= 15 is 0 Å². The molecule has 0 aromatic heterocycles. The topological polar surface area (TPSA) is 26.3 Å². The van der Waals surface area contributed by atoms with Crippen LogP contribution in [0.4, 0.5) is 0 Å². The van der Waals surface area contributed by atoms with E-state index in [2.05, 4.69) is 31.9 Å². The molecule has 1 aliphatic carbocycles. The van der Waals surface area contributed by atoms with Crippen LogP contribution in [0.1, 0.15) is 32.6 Å². The van der Waals surface area contributed by atoms with Gasteiger partial charge in [-0.3, -0.25) is 4.79 Å². The van der Waals surface area contributed by atoms with Gasteiger partial charge in [0.05, 0.1) is 6.61 Å². The molecule has 0 aromatic carbocycles. The van der Waals surface area contributed by atoms with Gasteiger partial charge < -0.3 is 4.74 Å². The van der Waals surface area contributed by atoms with Crippen LogP contribution in [0.2, 0.25) is 0 Å². The number of carbonyl (C=O) groups is 1. The number of carbonyl (C=O) groups excluding carboxylic acids is 1. The predicted octanol–water partition coefficient (Wildman–Crippen LogP) is 3.02. The summed E-state index contributed by atoms with van der Waals surface area (Å²) in [5, 5.41) is 0. The lowest BCUT2D eigenvalue weighted by Crippen LogP contribution is -2.44. The van der Waals surface area contributed by atoms with Gasteiger partial charge in [-0.2, -0.15) is 0 Å². The van der Waals surface area contributed by atoms with E-state index in [9.17, 15) is 4.79 Å². The van der Waals surface area contributed by atoms with Gasteiger partial charge in [-0.25, -0.2) is 0 Å². The first-order valence-corrected chi connectivity index (χ1v) is 6.32. The molecule has 2 unspecified atom stereocenters. The van der Waals surface area contributed by atoms with E-state index < -0.39 is 4.32 Å². The van der Waals surface area contributed by atoms with Gasteiger partial charge in [-0.15, -0.1) is 0 Å². The summed E-state index contributed by atoms with van der Waals surface area (Å²) < 4.78 is 4.55. The third-order valence-electron chi connectivity index (χ3n) is 2.36. The highest BCUT2D eigenvalue weighted by Crippen LogP contribution is 2.41. The van der Waals surface area contributed by atoms with Crippen molar-refractivity contribution in [1.82, 2.24) is 0 Å². The molecule has 1 aliphatic rings. The molecule has 2 nitrogen and oxygen atoms in total. The maximum Gasteiger partial charge on any atom is 0.324 e. The molecule has 0 amide bonds. The van der Waals surface area contributed by atoms with E-state index in [1.807, 2.05) is 6.92 Å². The van der Waals surface area contributed by atoms with Gasteiger partial charge in [0.25, 0.3) is 0 Å². The van der Waals surface area contributed by atoms with Crippen molar-refractivity contribution in [2.45, 2.75) is 41.8 Å². The van der Waals surface area contributed by atoms with Crippen molar-refractivity contribution in [3.63, 3.8) is 0 Å². The quantitative estimate of drug-likeness (QED) is 0.578. The Balaban J connectivity index is 2.65. The normalized spacial score (nSPS) is 34.2. The maximum atomic E-state index is 11.6. The monoisotopic (exact) mass is 312 g/mol. The highest BCUT2D eigenvalue weighted by atomic mass is 79.9. The minimum atomic E-state index is -0.485. The van der Waals surface area contributed by atoms with Crippen molar-refractivity contribution < 1.29 is 9.53 Å². The second kappa shape index (κ2) is 4.78. The Morgan fingerprint density at radius 2 is 2.31 bits per heavy atom. The lowest BCUT2D eigenvalue weighted by molar-refractivity contribution is -0.146. The second-order valence-corrected chi connectivity index (χ2v) is 5.82. The highest BCUT2D eigenvalue weighted by molar-refractivity contribution is 9.12. The number of esters is 1. The van der Waals surface area contributed by atoms with Crippen LogP contribution in [0.25, 0.3) is 0 Å². The number of hydrogen-bond donors (Lipinski definition) is 0. The lowest BCUT2D eigenvalue weighted by atomic mass is 9.89. The van der Waals surface area contributed by atoms with Crippen LogP contribution in [0, 0.1) is 0 Å². The fraction of sp³-hybridized carbons (Fsp3) is 0.889. The lowest BCUT2D eigenvalue weighted by Gasteiger charge is -2.33. The molecule has 1 saturated carbocycles. The molecule has 1 fully saturated rings. The van der Waals surface area contributed by atoms with Crippen LogP contribution in [-0.2, 0) is 9.53 Å². The van der Waals surface area contributed by atoms with Crippen molar-refractivity contribution >= 4 is 37.8 Å². The highest BCUT2D eigenvalue weighted by Gasteiger charge is 2.44. The summed E-state index contributed by atoms with van der Waals surface area (Å²) in [6, 6.07) is 0.